The van der Waals surface area contributed by atoms with Crippen LogP contribution in [0.25, 0.3) is 0 Å². The fourth-order valence-corrected chi connectivity index (χ4v) is 1.14. The Bertz CT molecular complexity index is 187. The van der Waals surface area contributed by atoms with Crippen LogP contribution in [0, 0.1) is 5.92 Å². The Morgan fingerprint density at radius 2 is 2.50 bits per heavy atom. The molecule has 0 bridgehead atoms. The van der Waals surface area contributed by atoms with Crippen LogP contribution < -0.4 is 0 Å². The Kier molecular flexibility index (Phi) is 3.08. The van der Waals surface area contributed by atoms with E-state index in [0.29, 0.717) is 19.6 Å². The maximum atomic E-state index is 10.9. The maximum absolute atomic E-state index is 10.9. The molecule has 4 nitrogen and oxygen atoms in total. The van der Waals surface area contributed by atoms with Crippen molar-refractivity contribution in [2.24, 2.45) is 5.92 Å². The zero-order valence-electron chi connectivity index (χ0n) is 7.04. The summed E-state index contributed by atoms with van der Waals surface area (Å²) in [5, 5.41) is 0. The molecular formula is C8H12O4. The fraction of sp³-hybridized carbons (Fsp3) is 0.750. The van der Waals surface area contributed by atoms with Crippen LogP contribution in [0.4, 0.5) is 0 Å². The summed E-state index contributed by atoms with van der Waals surface area (Å²) in [5.74, 6) is -0.534. The van der Waals surface area contributed by atoms with Crippen LogP contribution in [0.5, 0.6) is 0 Å². The SMILES string of the molecule is CC(=O)OCCC1CCOC1=O. The molecule has 0 aromatic rings. The summed E-state index contributed by atoms with van der Waals surface area (Å²) >= 11 is 0. The van der Waals surface area contributed by atoms with Crippen LogP contribution in [-0.2, 0) is 19.1 Å². The van der Waals surface area contributed by atoms with Crippen molar-refractivity contribution < 1.29 is 19.1 Å². The molecule has 12 heavy (non-hydrogen) atoms. The second-order valence-electron chi connectivity index (χ2n) is 2.78. The molecule has 1 fully saturated rings. The summed E-state index contributed by atoms with van der Waals surface area (Å²) < 4.78 is 9.45. The van der Waals surface area contributed by atoms with Gasteiger partial charge in [-0.15, -0.1) is 0 Å². The van der Waals surface area contributed by atoms with E-state index < -0.39 is 0 Å². The van der Waals surface area contributed by atoms with Gasteiger partial charge in [-0.2, -0.15) is 0 Å². The van der Waals surface area contributed by atoms with E-state index in [2.05, 4.69) is 0 Å². The molecule has 4 heteroatoms. The number of ether oxygens (including phenoxy) is 2. The Labute approximate surface area is 70.8 Å². The highest BCUT2D eigenvalue weighted by molar-refractivity contribution is 5.74. The summed E-state index contributed by atoms with van der Waals surface area (Å²) in [4.78, 5) is 21.2. The van der Waals surface area contributed by atoms with Crippen LogP contribution in [0.1, 0.15) is 19.8 Å². The summed E-state index contributed by atoms with van der Waals surface area (Å²) in [5.41, 5.74) is 0. The van der Waals surface area contributed by atoms with Crippen molar-refractivity contribution >= 4 is 11.9 Å². The van der Waals surface area contributed by atoms with E-state index in [0.717, 1.165) is 6.42 Å². The predicted molar refractivity (Wildman–Crippen MR) is 40.3 cm³/mol. The minimum absolute atomic E-state index is 0.0654. The Balaban J connectivity index is 2.14. The van der Waals surface area contributed by atoms with Gasteiger partial charge in [0.25, 0.3) is 0 Å². The number of carbonyl (C=O) groups is 2. The first-order chi connectivity index (χ1) is 5.70. The van der Waals surface area contributed by atoms with Crippen molar-refractivity contribution in [2.45, 2.75) is 19.8 Å². The van der Waals surface area contributed by atoms with Crippen molar-refractivity contribution in [2.75, 3.05) is 13.2 Å². The van der Waals surface area contributed by atoms with Gasteiger partial charge in [-0.3, -0.25) is 9.59 Å². The van der Waals surface area contributed by atoms with Crippen LogP contribution in [0.3, 0.4) is 0 Å². The number of hydrogen-bond donors (Lipinski definition) is 0. The third-order valence-corrected chi connectivity index (χ3v) is 1.82. The number of carbonyl (C=O) groups excluding carboxylic acids is 2. The average molecular weight is 172 g/mol. The molecule has 1 aliphatic heterocycles. The second-order valence-corrected chi connectivity index (χ2v) is 2.78. The molecule has 1 unspecified atom stereocenters. The topological polar surface area (TPSA) is 52.6 Å². The molecule has 1 saturated heterocycles. The van der Waals surface area contributed by atoms with Gasteiger partial charge in [-0.25, -0.2) is 0 Å². The molecule has 0 aromatic heterocycles. The van der Waals surface area contributed by atoms with E-state index in [1.807, 2.05) is 0 Å². The lowest BCUT2D eigenvalue weighted by atomic mass is 10.1. The van der Waals surface area contributed by atoms with Gasteiger partial charge < -0.3 is 9.47 Å². The van der Waals surface area contributed by atoms with Crippen molar-refractivity contribution in [3.8, 4) is 0 Å². The van der Waals surface area contributed by atoms with Gasteiger partial charge in [0.1, 0.15) is 0 Å². The quantitative estimate of drug-likeness (QED) is 0.582. The molecule has 0 amide bonds. The lowest BCUT2D eigenvalue weighted by Gasteiger charge is -2.04. The van der Waals surface area contributed by atoms with Gasteiger partial charge in [0, 0.05) is 6.92 Å². The molecule has 0 N–H and O–H groups in total. The van der Waals surface area contributed by atoms with E-state index in [9.17, 15) is 9.59 Å². The molecule has 0 radical (unpaired) electrons. The predicted octanol–water partition coefficient (Wildman–Crippen LogP) is 0.503. The first-order valence-corrected chi connectivity index (χ1v) is 4.00. The third-order valence-electron chi connectivity index (χ3n) is 1.82. The zero-order chi connectivity index (χ0) is 8.97. The minimum atomic E-state index is -0.304. The second kappa shape index (κ2) is 4.09. The largest absolute Gasteiger partial charge is 0.466 e. The normalized spacial score (nSPS) is 22.1. The standard InChI is InChI=1S/C8H12O4/c1-6(9)11-4-2-7-3-5-12-8(7)10/h7H,2-5H2,1H3. The molecule has 1 rings (SSSR count). The van der Waals surface area contributed by atoms with Gasteiger partial charge in [0.2, 0.25) is 0 Å². The lowest BCUT2D eigenvalue weighted by Crippen LogP contribution is -2.11. The average Bonchev–Trinajstić information content (AvgIpc) is 2.36. The van der Waals surface area contributed by atoms with Crippen molar-refractivity contribution in [1.82, 2.24) is 0 Å². The van der Waals surface area contributed by atoms with Crippen molar-refractivity contribution in [1.29, 1.82) is 0 Å². The van der Waals surface area contributed by atoms with E-state index in [4.69, 9.17) is 9.47 Å². The number of cyclic esters (lactones) is 1. The van der Waals surface area contributed by atoms with E-state index in [1.54, 1.807) is 0 Å². The van der Waals surface area contributed by atoms with Crippen molar-refractivity contribution in [3.63, 3.8) is 0 Å². The Morgan fingerprint density at radius 3 is 3.00 bits per heavy atom. The maximum Gasteiger partial charge on any atom is 0.309 e. The third kappa shape index (κ3) is 2.53. The highest BCUT2D eigenvalue weighted by Gasteiger charge is 2.25. The smallest absolute Gasteiger partial charge is 0.309 e. The summed E-state index contributed by atoms with van der Waals surface area (Å²) in [7, 11) is 0. The van der Waals surface area contributed by atoms with E-state index in [-0.39, 0.29) is 17.9 Å². The first kappa shape index (κ1) is 9.03. The summed E-state index contributed by atoms with van der Waals surface area (Å²) in [6.45, 7) is 2.17. The lowest BCUT2D eigenvalue weighted by molar-refractivity contribution is -0.145. The summed E-state index contributed by atoms with van der Waals surface area (Å²) in [6.07, 6.45) is 1.33. The minimum Gasteiger partial charge on any atom is -0.466 e. The van der Waals surface area contributed by atoms with Crippen LogP contribution in [0.15, 0.2) is 0 Å². The highest BCUT2D eigenvalue weighted by atomic mass is 16.5. The first-order valence-electron chi connectivity index (χ1n) is 4.00. The molecule has 0 saturated carbocycles. The van der Waals surface area contributed by atoms with E-state index in [1.165, 1.54) is 6.92 Å². The number of esters is 2. The molecule has 0 aliphatic carbocycles. The van der Waals surface area contributed by atoms with Gasteiger partial charge in [0.15, 0.2) is 0 Å². The fourth-order valence-electron chi connectivity index (χ4n) is 1.14. The molecule has 68 valence electrons. The monoisotopic (exact) mass is 172 g/mol. The van der Waals surface area contributed by atoms with E-state index >= 15 is 0 Å². The summed E-state index contributed by atoms with van der Waals surface area (Å²) in [6, 6.07) is 0. The van der Waals surface area contributed by atoms with Gasteiger partial charge in [-0.05, 0) is 12.8 Å². The number of rotatable bonds is 3. The molecule has 1 aliphatic rings. The molecule has 0 aromatic carbocycles. The van der Waals surface area contributed by atoms with Gasteiger partial charge >= 0.3 is 11.9 Å². The van der Waals surface area contributed by atoms with Crippen LogP contribution in [0.2, 0.25) is 0 Å². The molecule has 0 spiro atoms. The van der Waals surface area contributed by atoms with Crippen LogP contribution >= 0.6 is 0 Å². The highest BCUT2D eigenvalue weighted by Crippen LogP contribution is 2.17. The van der Waals surface area contributed by atoms with Crippen molar-refractivity contribution in [3.05, 3.63) is 0 Å². The molecule has 1 heterocycles. The Morgan fingerprint density at radius 1 is 1.75 bits per heavy atom. The Hall–Kier alpha value is -1.06. The molecular weight excluding hydrogens is 160 g/mol. The number of hydrogen-bond acceptors (Lipinski definition) is 4. The zero-order valence-corrected chi connectivity index (χ0v) is 7.04. The van der Waals surface area contributed by atoms with Crippen LogP contribution in [-0.4, -0.2) is 25.2 Å². The van der Waals surface area contributed by atoms with Gasteiger partial charge in [-0.1, -0.05) is 0 Å². The van der Waals surface area contributed by atoms with Gasteiger partial charge in [0.05, 0.1) is 19.1 Å². The molecule has 1 atom stereocenters.